The summed E-state index contributed by atoms with van der Waals surface area (Å²) in [6.07, 6.45) is 3.55. The zero-order valence-electron chi connectivity index (χ0n) is 7.96. The van der Waals surface area contributed by atoms with Crippen molar-refractivity contribution in [3.8, 4) is 11.1 Å². The molecular weight excluding hydrogens is 231 g/mol. The first-order chi connectivity index (χ1) is 6.36. The second-order valence-electron chi connectivity index (χ2n) is 2.86. The predicted molar refractivity (Wildman–Crippen MR) is 68.6 cm³/mol. The number of hydrogen-bond donors (Lipinski definition) is 1. The number of nitrogen functional groups attached to an aromatic ring is 1. The molecule has 2 nitrogen and oxygen atoms in total. The summed E-state index contributed by atoms with van der Waals surface area (Å²) >= 11 is 0. The molecule has 1 aromatic heterocycles. The lowest BCUT2D eigenvalue weighted by Crippen LogP contribution is -1.84. The van der Waals surface area contributed by atoms with Gasteiger partial charge in [0.2, 0.25) is 0 Å². The first-order valence-electron chi connectivity index (χ1n) is 4.12. The monoisotopic (exact) mass is 242 g/mol. The molecule has 0 saturated heterocycles. The number of rotatable bonds is 1. The Hall–Kier alpha value is -1.25. The van der Waals surface area contributed by atoms with Gasteiger partial charge in [-0.2, -0.15) is 0 Å². The van der Waals surface area contributed by atoms with E-state index in [1.165, 1.54) is 0 Å². The van der Waals surface area contributed by atoms with E-state index < -0.39 is 0 Å². The Kier molecular flexibility index (Phi) is 5.75. The summed E-state index contributed by atoms with van der Waals surface area (Å²) in [6.45, 7) is 0. The lowest BCUT2D eigenvalue weighted by Gasteiger charge is -2.01. The van der Waals surface area contributed by atoms with Crippen LogP contribution in [0.3, 0.4) is 0 Å². The highest BCUT2D eigenvalue weighted by Crippen LogP contribution is 2.19. The molecule has 0 unspecified atom stereocenters. The summed E-state index contributed by atoms with van der Waals surface area (Å²) < 4.78 is 0. The van der Waals surface area contributed by atoms with Crippen LogP contribution in [0.2, 0.25) is 0 Å². The van der Waals surface area contributed by atoms with Crippen LogP contribution >= 0.6 is 24.8 Å². The molecule has 0 aliphatic heterocycles. The smallest absolute Gasteiger partial charge is 0.0320 e. The summed E-state index contributed by atoms with van der Waals surface area (Å²) in [5.41, 5.74) is 8.73. The lowest BCUT2D eigenvalue weighted by molar-refractivity contribution is 1.33. The van der Waals surface area contributed by atoms with Gasteiger partial charge in [0.1, 0.15) is 0 Å². The minimum atomic E-state index is 0. The zero-order valence-corrected chi connectivity index (χ0v) is 9.59. The third-order valence-electron chi connectivity index (χ3n) is 1.90. The van der Waals surface area contributed by atoms with E-state index in [1.807, 2.05) is 36.4 Å². The average molecular weight is 243 g/mol. The minimum absolute atomic E-state index is 0. The first-order valence-corrected chi connectivity index (χ1v) is 4.12. The molecule has 2 rings (SSSR count). The van der Waals surface area contributed by atoms with E-state index in [1.54, 1.807) is 12.4 Å². The van der Waals surface area contributed by atoms with Gasteiger partial charge in [-0.3, -0.25) is 4.98 Å². The van der Waals surface area contributed by atoms with Crippen LogP contribution in [0.1, 0.15) is 0 Å². The van der Waals surface area contributed by atoms with Gasteiger partial charge in [-0.1, -0.05) is 12.1 Å². The molecule has 0 atom stereocenters. The van der Waals surface area contributed by atoms with E-state index in [2.05, 4.69) is 4.98 Å². The topological polar surface area (TPSA) is 38.9 Å². The van der Waals surface area contributed by atoms with Crippen LogP contribution in [0.25, 0.3) is 11.1 Å². The predicted octanol–water partition coefficient (Wildman–Crippen LogP) is 3.17. The normalized spacial score (nSPS) is 8.53. The molecule has 1 aromatic carbocycles. The number of aromatic nitrogens is 1. The maximum atomic E-state index is 5.68. The van der Waals surface area contributed by atoms with Crippen molar-refractivity contribution >= 4 is 30.5 Å². The van der Waals surface area contributed by atoms with E-state index in [0.717, 1.165) is 16.8 Å². The van der Waals surface area contributed by atoms with Crippen LogP contribution in [-0.4, -0.2) is 4.98 Å². The van der Waals surface area contributed by atoms with Gasteiger partial charge in [0.15, 0.2) is 0 Å². The van der Waals surface area contributed by atoms with E-state index >= 15 is 0 Å². The Morgan fingerprint density at radius 2 is 1.53 bits per heavy atom. The van der Waals surface area contributed by atoms with Crippen LogP contribution in [0, 0.1) is 0 Å². The number of hydrogen-bond acceptors (Lipinski definition) is 2. The van der Waals surface area contributed by atoms with Crippen molar-refractivity contribution in [1.82, 2.24) is 4.98 Å². The van der Waals surface area contributed by atoms with Crippen molar-refractivity contribution in [2.24, 2.45) is 0 Å². The highest BCUT2D eigenvalue weighted by atomic mass is 35.5. The van der Waals surface area contributed by atoms with E-state index in [9.17, 15) is 0 Å². The number of pyridine rings is 1. The molecule has 80 valence electrons. The van der Waals surface area contributed by atoms with Gasteiger partial charge in [0, 0.05) is 18.1 Å². The molecule has 0 aliphatic carbocycles. The number of halogens is 2. The Labute approximate surface area is 101 Å². The molecule has 0 bridgehead atoms. The lowest BCUT2D eigenvalue weighted by atomic mass is 10.1. The third kappa shape index (κ3) is 3.42. The van der Waals surface area contributed by atoms with Gasteiger partial charge in [-0.05, 0) is 35.4 Å². The van der Waals surface area contributed by atoms with Gasteiger partial charge in [0.05, 0.1) is 0 Å². The van der Waals surface area contributed by atoms with Crippen LogP contribution < -0.4 is 5.73 Å². The van der Waals surface area contributed by atoms with Crippen molar-refractivity contribution in [3.05, 3.63) is 48.8 Å². The van der Waals surface area contributed by atoms with Gasteiger partial charge in [0.25, 0.3) is 0 Å². The Morgan fingerprint density at radius 1 is 0.867 bits per heavy atom. The first kappa shape index (κ1) is 13.8. The van der Waals surface area contributed by atoms with Crippen molar-refractivity contribution in [3.63, 3.8) is 0 Å². The minimum Gasteiger partial charge on any atom is -0.399 e. The highest BCUT2D eigenvalue weighted by molar-refractivity contribution is 5.85. The largest absolute Gasteiger partial charge is 0.399 e. The second kappa shape index (κ2) is 6.27. The van der Waals surface area contributed by atoms with Gasteiger partial charge >= 0.3 is 0 Å². The Morgan fingerprint density at radius 3 is 2.13 bits per heavy atom. The fraction of sp³-hybridized carbons (Fsp3) is 0. The Balaban J connectivity index is 0.000000980. The molecule has 0 fully saturated rings. The number of anilines is 1. The van der Waals surface area contributed by atoms with Gasteiger partial charge < -0.3 is 5.73 Å². The SMILES string of the molecule is Cl.Cl.Nc1cccc(-c2ccncc2)c1. The average Bonchev–Trinajstić information content (AvgIpc) is 2.19. The fourth-order valence-electron chi connectivity index (χ4n) is 1.26. The molecular formula is C11H12Cl2N2. The van der Waals surface area contributed by atoms with Crippen molar-refractivity contribution in [1.29, 1.82) is 0 Å². The maximum absolute atomic E-state index is 5.68. The molecule has 0 radical (unpaired) electrons. The number of nitrogens with zero attached hydrogens (tertiary/aromatic N) is 1. The molecule has 0 saturated carbocycles. The second-order valence-corrected chi connectivity index (χ2v) is 2.86. The molecule has 1 heterocycles. The van der Waals surface area contributed by atoms with Crippen molar-refractivity contribution < 1.29 is 0 Å². The summed E-state index contributed by atoms with van der Waals surface area (Å²) in [4.78, 5) is 3.96. The van der Waals surface area contributed by atoms with Gasteiger partial charge in [-0.25, -0.2) is 0 Å². The molecule has 0 amide bonds. The fourth-order valence-corrected chi connectivity index (χ4v) is 1.26. The van der Waals surface area contributed by atoms with E-state index in [0.29, 0.717) is 0 Å². The van der Waals surface area contributed by atoms with Crippen LogP contribution in [0.15, 0.2) is 48.8 Å². The Bertz CT molecular complexity index is 404. The molecule has 4 heteroatoms. The standard InChI is InChI=1S/C11H10N2.2ClH/c12-11-3-1-2-10(8-11)9-4-6-13-7-5-9;;/h1-8H,12H2;2*1H. The maximum Gasteiger partial charge on any atom is 0.0320 e. The van der Waals surface area contributed by atoms with Crippen LogP contribution in [0.4, 0.5) is 5.69 Å². The van der Waals surface area contributed by atoms with E-state index in [-0.39, 0.29) is 24.8 Å². The molecule has 0 spiro atoms. The summed E-state index contributed by atoms with van der Waals surface area (Å²) in [6, 6.07) is 11.8. The van der Waals surface area contributed by atoms with Crippen molar-refractivity contribution in [2.45, 2.75) is 0 Å². The van der Waals surface area contributed by atoms with E-state index in [4.69, 9.17) is 5.73 Å². The van der Waals surface area contributed by atoms with Crippen LogP contribution in [0.5, 0.6) is 0 Å². The number of benzene rings is 1. The van der Waals surface area contributed by atoms with Crippen molar-refractivity contribution in [2.75, 3.05) is 5.73 Å². The summed E-state index contributed by atoms with van der Waals surface area (Å²) in [5.74, 6) is 0. The molecule has 2 aromatic rings. The molecule has 15 heavy (non-hydrogen) atoms. The third-order valence-corrected chi connectivity index (χ3v) is 1.90. The molecule has 0 aliphatic rings. The van der Waals surface area contributed by atoms with Crippen LogP contribution in [-0.2, 0) is 0 Å². The number of nitrogens with two attached hydrogens (primary N) is 1. The van der Waals surface area contributed by atoms with Gasteiger partial charge in [-0.15, -0.1) is 24.8 Å². The summed E-state index contributed by atoms with van der Waals surface area (Å²) in [5, 5.41) is 0. The summed E-state index contributed by atoms with van der Waals surface area (Å²) in [7, 11) is 0. The quantitative estimate of drug-likeness (QED) is 0.781. The zero-order chi connectivity index (χ0) is 9.10. The molecule has 2 N–H and O–H groups in total. The highest BCUT2D eigenvalue weighted by Gasteiger charge is 1.95.